The van der Waals surface area contributed by atoms with Gasteiger partial charge in [0.05, 0.1) is 6.04 Å². The summed E-state index contributed by atoms with van der Waals surface area (Å²) in [5.74, 6) is 1.37. The van der Waals surface area contributed by atoms with E-state index in [9.17, 15) is 4.79 Å². The first kappa shape index (κ1) is 14.4. The molecule has 3 rings (SSSR count). The number of carbonyl (C=O) groups is 1. The lowest BCUT2D eigenvalue weighted by molar-refractivity contribution is -0.118. The van der Waals surface area contributed by atoms with E-state index in [1.165, 1.54) is 19.3 Å². The molecule has 1 amide bonds. The minimum atomic E-state index is -0.00887. The average Bonchev–Trinajstić information content (AvgIpc) is 3.03. The van der Waals surface area contributed by atoms with Crippen molar-refractivity contribution in [2.24, 2.45) is 11.8 Å². The molecule has 2 N–H and O–H groups in total. The molecular weight excluding hydrogens is 262 g/mol. The SMILES string of the molecule is Cc1cc(N(C)C)ccc1NC(=O)C1NCC2CCCC21. The van der Waals surface area contributed by atoms with Crippen molar-refractivity contribution >= 4 is 17.3 Å². The zero-order valence-corrected chi connectivity index (χ0v) is 13.1. The molecule has 21 heavy (non-hydrogen) atoms. The molecule has 3 atom stereocenters. The van der Waals surface area contributed by atoms with E-state index in [1.807, 2.05) is 33.2 Å². The number of hydrogen-bond donors (Lipinski definition) is 2. The third-order valence-corrected chi connectivity index (χ3v) is 5.01. The van der Waals surface area contributed by atoms with E-state index in [-0.39, 0.29) is 11.9 Å². The highest BCUT2D eigenvalue weighted by Gasteiger charge is 2.42. The van der Waals surface area contributed by atoms with Crippen molar-refractivity contribution in [2.75, 3.05) is 30.9 Å². The maximum Gasteiger partial charge on any atom is 0.241 e. The van der Waals surface area contributed by atoms with Crippen LogP contribution < -0.4 is 15.5 Å². The Balaban J connectivity index is 1.70. The molecule has 1 saturated heterocycles. The molecule has 0 aromatic heterocycles. The second-order valence-electron chi connectivity index (χ2n) is 6.62. The summed E-state index contributed by atoms with van der Waals surface area (Å²) in [4.78, 5) is 14.6. The highest BCUT2D eigenvalue weighted by atomic mass is 16.2. The highest BCUT2D eigenvalue weighted by Crippen LogP contribution is 2.38. The van der Waals surface area contributed by atoms with Gasteiger partial charge in [-0.2, -0.15) is 0 Å². The predicted molar refractivity (Wildman–Crippen MR) is 86.8 cm³/mol. The third kappa shape index (κ3) is 2.77. The minimum absolute atomic E-state index is 0.00887. The molecule has 114 valence electrons. The summed E-state index contributed by atoms with van der Waals surface area (Å²) in [6, 6.07) is 6.15. The van der Waals surface area contributed by atoms with Crippen LogP contribution in [0.1, 0.15) is 24.8 Å². The quantitative estimate of drug-likeness (QED) is 0.897. The molecule has 0 spiro atoms. The fourth-order valence-corrected chi connectivity index (χ4v) is 3.75. The first-order valence-electron chi connectivity index (χ1n) is 7.88. The fourth-order valence-electron chi connectivity index (χ4n) is 3.75. The monoisotopic (exact) mass is 287 g/mol. The van der Waals surface area contributed by atoms with Crippen LogP contribution in [0.25, 0.3) is 0 Å². The van der Waals surface area contributed by atoms with E-state index < -0.39 is 0 Å². The van der Waals surface area contributed by atoms with Crippen LogP contribution in [0.4, 0.5) is 11.4 Å². The largest absolute Gasteiger partial charge is 0.378 e. The van der Waals surface area contributed by atoms with Crippen LogP contribution in [-0.2, 0) is 4.79 Å². The van der Waals surface area contributed by atoms with Crippen LogP contribution in [0.2, 0.25) is 0 Å². The zero-order chi connectivity index (χ0) is 15.0. The first-order chi connectivity index (χ1) is 10.1. The molecule has 2 aliphatic rings. The van der Waals surface area contributed by atoms with Gasteiger partial charge in [-0.15, -0.1) is 0 Å². The minimum Gasteiger partial charge on any atom is -0.378 e. The number of anilines is 2. The van der Waals surface area contributed by atoms with Gasteiger partial charge < -0.3 is 15.5 Å². The van der Waals surface area contributed by atoms with E-state index in [0.717, 1.165) is 23.5 Å². The number of nitrogens with one attached hydrogen (secondary N) is 2. The van der Waals surface area contributed by atoms with Gasteiger partial charge in [-0.05, 0) is 61.9 Å². The lowest BCUT2D eigenvalue weighted by atomic mass is 9.93. The van der Waals surface area contributed by atoms with Crippen LogP contribution in [0.3, 0.4) is 0 Å². The second-order valence-corrected chi connectivity index (χ2v) is 6.62. The smallest absolute Gasteiger partial charge is 0.241 e. The molecule has 2 fully saturated rings. The topological polar surface area (TPSA) is 44.4 Å². The Kier molecular flexibility index (Phi) is 3.89. The van der Waals surface area contributed by atoms with Gasteiger partial charge in [0, 0.05) is 25.5 Å². The number of carbonyl (C=O) groups excluding carboxylic acids is 1. The molecule has 1 aromatic rings. The summed E-state index contributed by atoms with van der Waals surface area (Å²) >= 11 is 0. The highest BCUT2D eigenvalue weighted by molar-refractivity contribution is 5.96. The maximum absolute atomic E-state index is 12.5. The maximum atomic E-state index is 12.5. The van der Waals surface area contributed by atoms with Crippen LogP contribution in [0.5, 0.6) is 0 Å². The van der Waals surface area contributed by atoms with Crippen molar-refractivity contribution in [3.05, 3.63) is 23.8 Å². The van der Waals surface area contributed by atoms with E-state index in [4.69, 9.17) is 0 Å². The summed E-state index contributed by atoms with van der Waals surface area (Å²) in [5.41, 5.74) is 3.18. The van der Waals surface area contributed by atoms with Gasteiger partial charge >= 0.3 is 0 Å². The Hall–Kier alpha value is -1.55. The third-order valence-electron chi connectivity index (χ3n) is 5.01. The molecule has 0 radical (unpaired) electrons. The van der Waals surface area contributed by atoms with Crippen molar-refractivity contribution in [3.63, 3.8) is 0 Å². The number of hydrogen-bond acceptors (Lipinski definition) is 3. The summed E-state index contributed by atoms with van der Waals surface area (Å²) in [6.45, 7) is 3.05. The number of nitrogens with zero attached hydrogens (tertiary/aromatic N) is 1. The Morgan fingerprint density at radius 2 is 2.14 bits per heavy atom. The predicted octanol–water partition coefficient (Wildman–Crippen LogP) is 2.39. The van der Waals surface area contributed by atoms with Crippen molar-refractivity contribution in [1.29, 1.82) is 0 Å². The van der Waals surface area contributed by atoms with Gasteiger partial charge in [0.2, 0.25) is 5.91 Å². The van der Waals surface area contributed by atoms with Gasteiger partial charge in [0.15, 0.2) is 0 Å². The summed E-state index contributed by atoms with van der Waals surface area (Å²) in [5, 5.41) is 6.52. The van der Waals surface area contributed by atoms with Crippen molar-refractivity contribution in [1.82, 2.24) is 5.32 Å². The van der Waals surface area contributed by atoms with Gasteiger partial charge in [0.25, 0.3) is 0 Å². The molecule has 0 bridgehead atoms. The van der Waals surface area contributed by atoms with E-state index in [0.29, 0.717) is 11.8 Å². The van der Waals surface area contributed by atoms with Gasteiger partial charge in [0.1, 0.15) is 0 Å². The first-order valence-corrected chi connectivity index (χ1v) is 7.88. The molecular formula is C17H25N3O. The van der Waals surface area contributed by atoms with E-state index in [1.54, 1.807) is 0 Å². The Bertz CT molecular complexity index is 541. The molecule has 4 heteroatoms. The zero-order valence-electron chi connectivity index (χ0n) is 13.1. The van der Waals surface area contributed by atoms with Crippen LogP contribution in [0, 0.1) is 18.8 Å². The van der Waals surface area contributed by atoms with Gasteiger partial charge in [-0.1, -0.05) is 6.42 Å². The standard InChI is InChI=1S/C17H25N3O/c1-11-9-13(20(2)3)7-8-15(11)19-17(21)16-14-6-4-5-12(14)10-18-16/h7-9,12,14,16,18H,4-6,10H2,1-3H3,(H,19,21). The second kappa shape index (κ2) is 5.68. The number of amides is 1. The van der Waals surface area contributed by atoms with Gasteiger partial charge in [-0.3, -0.25) is 4.79 Å². The lowest BCUT2D eigenvalue weighted by Crippen LogP contribution is -2.39. The number of benzene rings is 1. The van der Waals surface area contributed by atoms with Crippen LogP contribution in [0.15, 0.2) is 18.2 Å². The van der Waals surface area contributed by atoms with E-state index in [2.05, 4.69) is 21.6 Å². The van der Waals surface area contributed by atoms with Crippen molar-refractivity contribution in [2.45, 2.75) is 32.2 Å². The molecule has 1 aromatic carbocycles. The molecule has 1 saturated carbocycles. The fraction of sp³-hybridized carbons (Fsp3) is 0.588. The molecule has 1 heterocycles. The Morgan fingerprint density at radius 1 is 1.33 bits per heavy atom. The normalized spacial score (nSPS) is 27.5. The Morgan fingerprint density at radius 3 is 2.86 bits per heavy atom. The van der Waals surface area contributed by atoms with E-state index >= 15 is 0 Å². The van der Waals surface area contributed by atoms with Gasteiger partial charge in [-0.25, -0.2) is 0 Å². The average molecular weight is 287 g/mol. The number of fused-ring (bicyclic) bond motifs is 1. The lowest BCUT2D eigenvalue weighted by Gasteiger charge is -2.20. The molecule has 3 unspecified atom stereocenters. The number of rotatable bonds is 3. The van der Waals surface area contributed by atoms with Crippen LogP contribution >= 0.6 is 0 Å². The van der Waals surface area contributed by atoms with Crippen molar-refractivity contribution < 1.29 is 4.79 Å². The van der Waals surface area contributed by atoms with Crippen LogP contribution in [-0.4, -0.2) is 32.6 Å². The summed E-state index contributed by atoms with van der Waals surface area (Å²) < 4.78 is 0. The van der Waals surface area contributed by atoms with Crippen molar-refractivity contribution in [3.8, 4) is 0 Å². The Labute approximate surface area is 126 Å². The number of aryl methyl sites for hydroxylation is 1. The summed E-state index contributed by atoms with van der Waals surface area (Å²) in [7, 11) is 4.05. The summed E-state index contributed by atoms with van der Waals surface area (Å²) in [6.07, 6.45) is 3.74. The molecule has 4 nitrogen and oxygen atoms in total. The molecule has 1 aliphatic carbocycles. The molecule has 1 aliphatic heterocycles.